The summed E-state index contributed by atoms with van der Waals surface area (Å²) in [6.45, 7) is 5.82. The first kappa shape index (κ1) is 18.9. The molecule has 2 N–H and O–H groups in total. The Labute approximate surface area is 148 Å². The summed E-state index contributed by atoms with van der Waals surface area (Å²) in [6.07, 6.45) is 0.228. The lowest BCUT2D eigenvalue weighted by Gasteiger charge is -2.28. The molecule has 5 heteroatoms. The molecule has 134 valence electrons. The van der Waals surface area contributed by atoms with Crippen LogP contribution < -0.4 is 5.32 Å². The van der Waals surface area contributed by atoms with Crippen LogP contribution in [-0.2, 0) is 16.0 Å². The van der Waals surface area contributed by atoms with E-state index < -0.39 is 5.60 Å². The van der Waals surface area contributed by atoms with E-state index in [1.807, 2.05) is 49.4 Å². The number of hydrogen-bond acceptors (Lipinski definition) is 3. The Kier molecular flexibility index (Phi) is 6.15. The van der Waals surface area contributed by atoms with E-state index in [1.165, 1.54) is 4.90 Å². The van der Waals surface area contributed by atoms with Gasteiger partial charge in [-0.05, 0) is 37.1 Å². The molecule has 5 nitrogen and oxygen atoms in total. The molecule has 0 atom stereocenters. The van der Waals surface area contributed by atoms with Crippen LogP contribution in [0.15, 0.2) is 42.5 Å². The van der Waals surface area contributed by atoms with Gasteiger partial charge in [-0.3, -0.25) is 9.59 Å². The van der Waals surface area contributed by atoms with Gasteiger partial charge < -0.3 is 15.3 Å². The van der Waals surface area contributed by atoms with E-state index in [2.05, 4.69) is 5.32 Å². The second-order valence-electron chi connectivity index (χ2n) is 6.81. The molecule has 0 bridgehead atoms. The molecule has 0 aliphatic carbocycles. The lowest BCUT2D eigenvalue weighted by molar-refractivity contribution is -0.135. The van der Waals surface area contributed by atoms with E-state index in [9.17, 15) is 14.7 Å². The first-order chi connectivity index (χ1) is 11.8. The first-order valence-electron chi connectivity index (χ1n) is 8.53. The van der Waals surface area contributed by atoms with Crippen molar-refractivity contribution in [3.63, 3.8) is 0 Å². The van der Waals surface area contributed by atoms with Gasteiger partial charge in [0.1, 0.15) is 0 Å². The van der Waals surface area contributed by atoms with Crippen molar-refractivity contribution >= 4 is 22.6 Å². The van der Waals surface area contributed by atoms with Crippen LogP contribution in [0.4, 0.5) is 0 Å². The van der Waals surface area contributed by atoms with Crippen LogP contribution in [0.1, 0.15) is 26.3 Å². The van der Waals surface area contributed by atoms with Gasteiger partial charge in [0.15, 0.2) is 0 Å². The van der Waals surface area contributed by atoms with Gasteiger partial charge in [-0.2, -0.15) is 0 Å². The van der Waals surface area contributed by atoms with Crippen molar-refractivity contribution in [2.45, 2.75) is 32.8 Å². The fraction of sp³-hybridized carbons (Fsp3) is 0.400. The highest BCUT2D eigenvalue weighted by molar-refractivity contribution is 5.91. The number of fused-ring (bicyclic) bond motifs is 1. The van der Waals surface area contributed by atoms with Gasteiger partial charge in [-0.15, -0.1) is 0 Å². The molecule has 2 rings (SSSR count). The third-order valence-electron chi connectivity index (χ3n) is 3.98. The number of likely N-dealkylation sites (N-methyl/N-ethyl adjacent to an activating group) is 1. The van der Waals surface area contributed by atoms with Gasteiger partial charge in [0.25, 0.3) is 0 Å². The maximum atomic E-state index is 12.2. The predicted octanol–water partition coefficient (Wildman–Crippen LogP) is 2.12. The Morgan fingerprint density at radius 1 is 1.12 bits per heavy atom. The lowest BCUT2D eigenvalue weighted by atomic mass is 10.0. The quantitative estimate of drug-likeness (QED) is 0.810. The smallest absolute Gasteiger partial charge is 0.242 e. The average molecular weight is 342 g/mol. The minimum atomic E-state index is -0.960. The fourth-order valence-electron chi connectivity index (χ4n) is 2.81. The first-order valence-corrected chi connectivity index (χ1v) is 8.53. The summed E-state index contributed by atoms with van der Waals surface area (Å²) in [7, 11) is 0. The minimum absolute atomic E-state index is 0.0620. The summed E-state index contributed by atoms with van der Waals surface area (Å²) < 4.78 is 0. The molecular formula is C20H26N2O3. The molecule has 0 aliphatic rings. The molecule has 0 fully saturated rings. The molecule has 2 amide bonds. The number of aliphatic hydroxyl groups is 1. The van der Waals surface area contributed by atoms with Gasteiger partial charge >= 0.3 is 0 Å². The highest BCUT2D eigenvalue weighted by Gasteiger charge is 2.21. The Balaban J connectivity index is 1.95. The summed E-state index contributed by atoms with van der Waals surface area (Å²) in [6, 6.07) is 13.8. The van der Waals surface area contributed by atoms with Crippen LogP contribution >= 0.6 is 0 Å². The maximum absolute atomic E-state index is 12.2. The zero-order valence-electron chi connectivity index (χ0n) is 15.1. The molecule has 0 aliphatic heterocycles. The number of benzene rings is 2. The molecule has 0 saturated heterocycles. The van der Waals surface area contributed by atoms with Crippen molar-refractivity contribution < 1.29 is 14.7 Å². The van der Waals surface area contributed by atoms with E-state index in [0.717, 1.165) is 16.3 Å². The van der Waals surface area contributed by atoms with Crippen LogP contribution in [0, 0.1) is 0 Å². The molecule has 2 aromatic rings. The topological polar surface area (TPSA) is 69.6 Å². The second kappa shape index (κ2) is 8.12. The average Bonchev–Trinajstić information content (AvgIpc) is 2.57. The molecule has 2 aromatic carbocycles. The standard InChI is InChI=1S/C20H26N2O3/c1-4-22(14-20(2,3)25)19(24)13-21-18(23)12-16-10-7-9-15-8-5-6-11-17(15)16/h5-11,25H,4,12-14H2,1-3H3,(H,21,23). The summed E-state index contributed by atoms with van der Waals surface area (Å²) in [5, 5.41) is 14.7. The maximum Gasteiger partial charge on any atom is 0.242 e. The monoisotopic (exact) mass is 342 g/mol. The van der Waals surface area contributed by atoms with Gasteiger partial charge in [-0.25, -0.2) is 0 Å². The zero-order valence-corrected chi connectivity index (χ0v) is 15.1. The number of amides is 2. The predicted molar refractivity (Wildman–Crippen MR) is 99.2 cm³/mol. The number of nitrogens with zero attached hydrogens (tertiary/aromatic N) is 1. The van der Waals surface area contributed by atoms with Crippen LogP contribution in [0.25, 0.3) is 10.8 Å². The van der Waals surface area contributed by atoms with E-state index in [4.69, 9.17) is 0 Å². The van der Waals surface area contributed by atoms with E-state index in [-0.39, 0.29) is 31.3 Å². The summed E-state index contributed by atoms with van der Waals surface area (Å²) >= 11 is 0. The summed E-state index contributed by atoms with van der Waals surface area (Å²) in [4.78, 5) is 26.0. The lowest BCUT2D eigenvalue weighted by Crippen LogP contribution is -2.46. The van der Waals surface area contributed by atoms with Crippen molar-refractivity contribution in [3.8, 4) is 0 Å². The normalized spacial score (nSPS) is 11.4. The third-order valence-corrected chi connectivity index (χ3v) is 3.98. The summed E-state index contributed by atoms with van der Waals surface area (Å²) in [5.41, 5.74) is -0.0228. The number of nitrogens with one attached hydrogen (secondary N) is 1. The van der Waals surface area contributed by atoms with Crippen LogP contribution in [0.3, 0.4) is 0 Å². The molecular weight excluding hydrogens is 316 g/mol. The molecule has 0 spiro atoms. The highest BCUT2D eigenvalue weighted by atomic mass is 16.3. The van der Waals surface area contributed by atoms with Crippen molar-refractivity contribution in [1.29, 1.82) is 0 Å². The largest absolute Gasteiger partial charge is 0.389 e. The van der Waals surface area contributed by atoms with E-state index >= 15 is 0 Å². The molecule has 25 heavy (non-hydrogen) atoms. The molecule has 0 unspecified atom stereocenters. The van der Waals surface area contributed by atoms with Gasteiger partial charge in [0.2, 0.25) is 11.8 Å². The van der Waals surface area contributed by atoms with Crippen molar-refractivity contribution in [2.75, 3.05) is 19.6 Å². The Morgan fingerprint density at radius 3 is 2.48 bits per heavy atom. The third kappa shape index (κ3) is 5.57. The molecule has 0 radical (unpaired) electrons. The van der Waals surface area contributed by atoms with Crippen molar-refractivity contribution in [2.24, 2.45) is 0 Å². The number of carbonyl (C=O) groups excluding carboxylic acids is 2. The molecule has 0 aromatic heterocycles. The SMILES string of the molecule is CCN(CC(C)(C)O)C(=O)CNC(=O)Cc1cccc2ccccc12. The van der Waals surface area contributed by atoms with Crippen LogP contribution in [0.2, 0.25) is 0 Å². The van der Waals surface area contributed by atoms with Crippen molar-refractivity contribution in [3.05, 3.63) is 48.0 Å². The minimum Gasteiger partial charge on any atom is -0.389 e. The molecule has 0 saturated carbocycles. The van der Waals surface area contributed by atoms with Gasteiger partial charge in [0, 0.05) is 13.1 Å². The second-order valence-corrected chi connectivity index (χ2v) is 6.81. The van der Waals surface area contributed by atoms with Crippen molar-refractivity contribution in [1.82, 2.24) is 10.2 Å². The van der Waals surface area contributed by atoms with Gasteiger partial charge in [-0.1, -0.05) is 42.5 Å². The number of hydrogen-bond donors (Lipinski definition) is 2. The van der Waals surface area contributed by atoms with Crippen LogP contribution in [-0.4, -0.2) is 47.1 Å². The molecule has 0 heterocycles. The van der Waals surface area contributed by atoms with E-state index in [0.29, 0.717) is 6.54 Å². The fourth-order valence-corrected chi connectivity index (χ4v) is 2.81. The number of carbonyl (C=O) groups is 2. The summed E-state index contributed by atoms with van der Waals surface area (Å²) in [5.74, 6) is -0.389. The Hall–Kier alpha value is -2.40. The highest BCUT2D eigenvalue weighted by Crippen LogP contribution is 2.18. The number of rotatable bonds is 7. The Morgan fingerprint density at radius 2 is 1.80 bits per heavy atom. The van der Waals surface area contributed by atoms with E-state index in [1.54, 1.807) is 13.8 Å². The van der Waals surface area contributed by atoms with Gasteiger partial charge in [0.05, 0.1) is 18.6 Å². The van der Waals surface area contributed by atoms with Crippen LogP contribution in [0.5, 0.6) is 0 Å². The Bertz CT molecular complexity index is 745. The zero-order chi connectivity index (χ0) is 18.4.